The van der Waals surface area contributed by atoms with Crippen LogP contribution in [0.5, 0.6) is 5.75 Å². The molecule has 1 unspecified atom stereocenters. The van der Waals surface area contributed by atoms with E-state index in [1.54, 1.807) is 6.20 Å². The Morgan fingerprint density at radius 3 is 2.47 bits per heavy atom. The van der Waals surface area contributed by atoms with E-state index in [9.17, 15) is 36.6 Å². The zero-order valence-electron chi connectivity index (χ0n) is 22.5. The Bertz CT molecular complexity index is 1790. The SMILES string of the molecule is C[C@]1(C(N)=O)COc2c1cc(C(O)(CNC(=O)c1cc(F)c3nc(C4CC4)cn3c1)C(F)(F)F)nc2-c1ccc(F)cc1. The van der Waals surface area contributed by atoms with Gasteiger partial charge in [-0.3, -0.25) is 9.59 Å². The van der Waals surface area contributed by atoms with Crippen molar-refractivity contribution in [3.05, 3.63) is 82.9 Å². The Kier molecular flexibility index (Phi) is 6.45. The summed E-state index contributed by atoms with van der Waals surface area (Å²) in [7, 11) is 0. The van der Waals surface area contributed by atoms with Crippen molar-refractivity contribution in [2.45, 2.75) is 42.9 Å². The smallest absolute Gasteiger partial charge is 0.424 e. The molecule has 0 radical (unpaired) electrons. The number of carbonyl (C=O) groups excluding carboxylic acids is 2. The highest BCUT2D eigenvalue weighted by Gasteiger charge is 2.57. The molecule has 43 heavy (non-hydrogen) atoms. The van der Waals surface area contributed by atoms with E-state index in [2.05, 4.69) is 9.97 Å². The van der Waals surface area contributed by atoms with Gasteiger partial charge in [0, 0.05) is 29.4 Å². The van der Waals surface area contributed by atoms with Crippen LogP contribution in [0.2, 0.25) is 0 Å². The number of halogens is 5. The normalized spacial score (nSPS) is 19.5. The lowest BCUT2D eigenvalue weighted by Crippen LogP contribution is -2.51. The Labute approximate surface area is 240 Å². The number of benzene rings is 1. The monoisotopic (exact) mass is 601 g/mol. The van der Waals surface area contributed by atoms with Crippen molar-refractivity contribution < 1.29 is 41.4 Å². The number of imidazole rings is 1. The number of pyridine rings is 2. The molecule has 9 nitrogen and oxygen atoms in total. The Morgan fingerprint density at radius 1 is 1.14 bits per heavy atom. The number of primary amides is 1. The molecular formula is C29H24F5N5O4. The Hall–Kier alpha value is -4.59. The first-order valence-electron chi connectivity index (χ1n) is 13.2. The minimum absolute atomic E-state index is 0.0272. The molecule has 0 bridgehead atoms. The highest BCUT2D eigenvalue weighted by Crippen LogP contribution is 2.47. The number of rotatable bonds is 7. The molecule has 224 valence electrons. The van der Waals surface area contributed by atoms with Crippen LogP contribution < -0.4 is 15.8 Å². The number of aliphatic hydroxyl groups is 1. The van der Waals surface area contributed by atoms with Crippen LogP contribution in [-0.2, 0) is 15.8 Å². The van der Waals surface area contributed by atoms with E-state index in [0.29, 0.717) is 5.69 Å². The maximum atomic E-state index is 14.8. The number of amides is 2. The van der Waals surface area contributed by atoms with Crippen LogP contribution in [0.1, 0.15) is 53.0 Å². The van der Waals surface area contributed by atoms with E-state index in [4.69, 9.17) is 10.5 Å². The molecule has 3 aromatic heterocycles. The van der Waals surface area contributed by atoms with Crippen molar-refractivity contribution in [3.8, 4) is 17.0 Å². The van der Waals surface area contributed by atoms with Crippen LogP contribution in [-0.4, -0.2) is 50.6 Å². The number of alkyl halides is 3. The number of carbonyl (C=O) groups is 2. The summed E-state index contributed by atoms with van der Waals surface area (Å²) in [4.78, 5) is 33.6. The molecule has 2 amide bonds. The van der Waals surface area contributed by atoms with Gasteiger partial charge in [-0.05, 0) is 56.2 Å². The minimum atomic E-state index is -5.40. The molecule has 0 saturated heterocycles. The summed E-state index contributed by atoms with van der Waals surface area (Å²) < 4.78 is 79.1. The highest BCUT2D eigenvalue weighted by molar-refractivity contribution is 5.94. The molecule has 4 heterocycles. The van der Waals surface area contributed by atoms with Crippen LogP contribution in [0.15, 0.2) is 48.8 Å². The van der Waals surface area contributed by atoms with E-state index in [1.165, 1.54) is 29.7 Å². The van der Waals surface area contributed by atoms with Crippen LogP contribution in [0, 0.1) is 11.6 Å². The van der Waals surface area contributed by atoms with Gasteiger partial charge in [0.2, 0.25) is 11.5 Å². The standard InChI is InChI=1S/C29H24F5N5O4/c1-27(26(35)41)13-43-23-18(27)9-21(38-22(23)15-4-6-17(30)7-5-15)28(42,29(32,33)34)12-36-25(40)16-8-19(31)24-37-20(14-2-3-14)11-39(24)10-16/h4-11,14,42H,2-3,12-13H2,1H3,(H2,35,41)(H,36,40)/t27-,28?/m0/s1. The second-order valence-corrected chi connectivity index (χ2v) is 11.0. The number of aromatic nitrogens is 3. The minimum Gasteiger partial charge on any atom is -0.489 e. The second kappa shape index (κ2) is 9.73. The maximum absolute atomic E-state index is 14.8. The summed E-state index contributed by atoms with van der Waals surface area (Å²) in [5.41, 5.74) is -0.605. The third kappa shape index (κ3) is 4.75. The number of hydrogen-bond donors (Lipinski definition) is 3. The fourth-order valence-corrected chi connectivity index (χ4v) is 5.02. The summed E-state index contributed by atoms with van der Waals surface area (Å²) in [6.45, 7) is -0.374. The van der Waals surface area contributed by atoms with Crippen molar-refractivity contribution in [2.75, 3.05) is 13.2 Å². The molecule has 14 heteroatoms. The van der Waals surface area contributed by atoms with E-state index in [0.717, 1.165) is 37.1 Å². The van der Waals surface area contributed by atoms with Crippen molar-refractivity contribution in [3.63, 3.8) is 0 Å². The molecule has 2 atom stereocenters. The summed E-state index contributed by atoms with van der Waals surface area (Å²) in [6, 6.07) is 6.30. The second-order valence-electron chi connectivity index (χ2n) is 11.0. The van der Waals surface area contributed by atoms with Gasteiger partial charge >= 0.3 is 6.18 Å². The Balaban J connectivity index is 1.39. The number of hydrogen-bond acceptors (Lipinski definition) is 6. The lowest BCUT2D eigenvalue weighted by molar-refractivity contribution is -0.265. The third-order valence-electron chi connectivity index (χ3n) is 7.91. The van der Waals surface area contributed by atoms with Gasteiger partial charge in [-0.2, -0.15) is 13.2 Å². The first-order chi connectivity index (χ1) is 20.2. The molecule has 4 N–H and O–H groups in total. The fourth-order valence-electron chi connectivity index (χ4n) is 5.02. The van der Waals surface area contributed by atoms with Crippen molar-refractivity contribution in [2.24, 2.45) is 5.73 Å². The summed E-state index contributed by atoms with van der Waals surface area (Å²) >= 11 is 0. The summed E-state index contributed by atoms with van der Waals surface area (Å²) in [5.74, 6) is -3.34. The fraction of sp³-hybridized carbons (Fsp3) is 0.310. The largest absolute Gasteiger partial charge is 0.489 e. The predicted octanol–water partition coefficient (Wildman–Crippen LogP) is 3.87. The van der Waals surface area contributed by atoms with Gasteiger partial charge < -0.3 is 25.3 Å². The molecular weight excluding hydrogens is 577 g/mol. The predicted molar refractivity (Wildman–Crippen MR) is 141 cm³/mol. The molecule has 6 rings (SSSR count). The average molecular weight is 602 g/mol. The number of ether oxygens (including phenoxy) is 1. The first kappa shape index (κ1) is 28.5. The quantitative estimate of drug-likeness (QED) is 0.276. The first-order valence-corrected chi connectivity index (χ1v) is 13.2. The topological polar surface area (TPSA) is 132 Å². The van der Waals surface area contributed by atoms with Crippen LogP contribution in [0.4, 0.5) is 22.0 Å². The molecule has 4 aromatic rings. The zero-order valence-corrected chi connectivity index (χ0v) is 22.5. The zero-order chi connectivity index (χ0) is 30.9. The van der Waals surface area contributed by atoms with E-state index < -0.39 is 52.9 Å². The maximum Gasteiger partial charge on any atom is 0.424 e. The molecule has 1 aliphatic heterocycles. The number of fused-ring (bicyclic) bond motifs is 2. The van der Waals surface area contributed by atoms with Gasteiger partial charge in [-0.1, -0.05) is 0 Å². The summed E-state index contributed by atoms with van der Waals surface area (Å²) in [6.07, 6.45) is -0.807. The Morgan fingerprint density at radius 2 is 1.84 bits per heavy atom. The van der Waals surface area contributed by atoms with Crippen LogP contribution in [0.25, 0.3) is 16.9 Å². The van der Waals surface area contributed by atoms with Gasteiger partial charge in [0.15, 0.2) is 11.5 Å². The van der Waals surface area contributed by atoms with Gasteiger partial charge in [-0.15, -0.1) is 0 Å². The van der Waals surface area contributed by atoms with Crippen molar-refractivity contribution >= 4 is 17.5 Å². The molecule has 1 saturated carbocycles. The molecule has 1 aliphatic carbocycles. The molecule has 0 spiro atoms. The third-order valence-corrected chi connectivity index (χ3v) is 7.91. The van der Waals surface area contributed by atoms with Gasteiger partial charge in [0.1, 0.15) is 29.3 Å². The van der Waals surface area contributed by atoms with E-state index >= 15 is 0 Å². The van der Waals surface area contributed by atoms with E-state index in [1.807, 2.05) is 5.32 Å². The lowest BCUT2D eigenvalue weighted by Gasteiger charge is -2.31. The van der Waals surface area contributed by atoms with Gasteiger partial charge in [0.05, 0.1) is 23.5 Å². The summed E-state index contributed by atoms with van der Waals surface area (Å²) in [5, 5.41) is 13.2. The highest BCUT2D eigenvalue weighted by atomic mass is 19.4. The van der Waals surface area contributed by atoms with E-state index in [-0.39, 0.29) is 46.3 Å². The molecule has 1 fully saturated rings. The van der Waals surface area contributed by atoms with Gasteiger partial charge in [0.25, 0.3) is 5.91 Å². The molecule has 1 aromatic carbocycles. The van der Waals surface area contributed by atoms with Crippen molar-refractivity contribution in [1.82, 2.24) is 19.7 Å². The molecule has 2 aliphatic rings. The average Bonchev–Trinajstić information content (AvgIpc) is 3.62. The van der Waals surface area contributed by atoms with Gasteiger partial charge in [-0.25, -0.2) is 18.7 Å². The number of nitrogens with one attached hydrogen (secondary N) is 1. The number of nitrogens with zero attached hydrogens (tertiary/aromatic N) is 3. The number of nitrogens with two attached hydrogens (primary N) is 1. The van der Waals surface area contributed by atoms with Crippen LogP contribution in [0.3, 0.4) is 0 Å². The van der Waals surface area contributed by atoms with Crippen molar-refractivity contribution in [1.29, 1.82) is 0 Å². The van der Waals surface area contributed by atoms with Crippen LogP contribution >= 0.6 is 0 Å². The lowest BCUT2D eigenvalue weighted by atomic mass is 9.81.